The van der Waals surface area contributed by atoms with E-state index in [2.05, 4.69) is 12.2 Å². The molecule has 0 heterocycles. The fourth-order valence-electron chi connectivity index (χ4n) is 3.08. The number of ether oxygens (including phenoxy) is 1. The average molecular weight is 291 g/mol. The quantitative estimate of drug-likeness (QED) is 0.810. The molecule has 2 rings (SSSR count). The Morgan fingerprint density at radius 1 is 1.29 bits per heavy atom. The maximum Gasteiger partial charge on any atom is 0.119 e. The number of aliphatic hydroxyl groups is 1. The number of benzene rings is 1. The van der Waals surface area contributed by atoms with E-state index in [1.54, 1.807) is 0 Å². The first-order valence-corrected chi connectivity index (χ1v) is 8.26. The molecule has 1 aliphatic rings. The third-order valence-electron chi connectivity index (χ3n) is 4.46. The highest BCUT2D eigenvalue weighted by Crippen LogP contribution is 2.26. The van der Waals surface area contributed by atoms with Crippen LogP contribution in [0.2, 0.25) is 0 Å². The molecule has 3 heteroatoms. The van der Waals surface area contributed by atoms with E-state index < -0.39 is 6.10 Å². The second kappa shape index (κ2) is 8.40. The third kappa shape index (κ3) is 5.68. The monoisotopic (exact) mass is 291 g/mol. The SMILES string of the molecule is Cc1cccc(OCC(O)CN[C@H](C)C2CCCCC2)c1. The molecule has 0 spiro atoms. The highest BCUT2D eigenvalue weighted by molar-refractivity contribution is 5.27. The number of rotatable bonds is 7. The van der Waals surface area contributed by atoms with E-state index in [4.69, 9.17) is 4.74 Å². The first-order valence-electron chi connectivity index (χ1n) is 8.26. The van der Waals surface area contributed by atoms with E-state index in [0.717, 1.165) is 11.7 Å². The fraction of sp³-hybridized carbons (Fsp3) is 0.667. The molecular weight excluding hydrogens is 262 g/mol. The Labute approximate surface area is 128 Å². The molecule has 21 heavy (non-hydrogen) atoms. The van der Waals surface area contributed by atoms with Gasteiger partial charge in [-0.05, 0) is 50.3 Å². The minimum Gasteiger partial charge on any atom is -0.491 e. The molecule has 1 saturated carbocycles. The lowest BCUT2D eigenvalue weighted by Gasteiger charge is -2.29. The molecule has 1 aromatic carbocycles. The molecule has 1 fully saturated rings. The van der Waals surface area contributed by atoms with E-state index >= 15 is 0 Å². The summed E-state index contributed by atoms with van der Waals surface area (Å²) in [5.74, 6) is 1.60. The molecule has 3 nitrogen and oxygen atoms in total. The molecule has 118 valence electrons. The van der Waals surface area contributed by atoms with Crippen LogP contribution in [0, 0.1) is 12.8 Å². The lowest BCUT2D eigenvalue weighted by molar-refractivity contribution is 0.100. The van der Waals surface area contributed by atoms with Crippen molar-refractivity contribution in [1.82, 2.24) is 5.32 Å². The van der Waals surface area contributed by atoms with Crippen molar-refractivity contribution < 1.29 is 9.84 Å². The van der Waals surface area contributed by atoms with Crippen molar-refractivity contribution in [3.63, 3.8) is 0 Å². The predicted octanol–water partition coefficient (Wildman–Crippen LogP) is 3.29. The average Bonchev–Trinajstić information content (AvgIpc) is 2.51. The zero-order valence-electron chi connectivity index (χ0n) is 13.3. The van der Waals surface area contributed by atoms with Crippen molar-refractivity contribution in [1.29, 1.82) is 0 Å². The Morgan fingerprint density at radius 2 is 2.05 bits per heavy atom. The summed E-state index contributed by atoms with van der Waals surface area (Å²) in [6.07, 6.45) is 6.28. The third-order valence-corrected chi connectivity index (χ3v) is 4.46. The zero-order chi connectivity index (χ0) is 15.1. The molecule has 1 aromatic rings. The van der Waals surface area contributed by atoms with Gasteiger partial charge in [-0.3, -0.25) is 0 Å². The zero-order valence-corrected chi connectivity index (χ0v) is 13.3. The summed E-state index contributed by atoms with van der Waals surface area (Å²) in [7, 11) is 0. The number of aryl methyl sites for hydroxylation is 1. The molecule has 0 radical (unpaired) electrons. The lowest BCUT2D eigenvalue weighted by atomic mass is 9.84. The summed E-state index contributed by atoms with van der Waals surface area (Å²) in [4.78, 5) is 0. The fourth-order valence-corrected chi connectivity index (χ4v) is 3.08. The molecule has 2 N–H and O–H groups in total. The van der Waals surface area contributed by atoms with Gasteiger partial charge in [0.15, 0.2) is 0 Å². The van der Waals surface area contributed by atoms with Crippen LogP contribution >= 0.6 is 0 Å². The molecule has 1 unspecified atom stereocenters. The number of nitrogens with one attached hydrogen (secondary N) is 1. The predicted molar refractivity (Wildman–Crippen MR) is 86.7 cm³/mol. The first-order chi connectivity index (χ1) is 10.1. The molecular formula is C18H29NO2. The smallest absolute Gasteiger partial charge is 0.119 e. The summed E-state index contributed by atoms with van der Waals surface area (Å²) in [6.45, 7) is 5.22. The number of hydrogen-bond donors (Lipinski definition) is 2. The van der Waals surface area contributed by atoms with Gasteiger partial charge in [-0.15, -0.1) is 0 Å². The Bertz CT molecular complexity index is 415. The van der Waals surface area contributed by atoms with Crippen molar-refractivity contribution >= 4 is 0 Å². The van der Waals surface area contributed by atoms with E-state index in [1.807, 2.05) is 31.2 Å². The van der Waals surface area contributed by atoms with Crippen molar-refractivity contribution in [3.05, 3.63) is 29.8 Å². The summed E-state index contributed by atoms with van der Waals surface area (Å²) in [5, 5.41) is 13.5. The van der Waals surface area contributed by atoms with Crippen LogP contribution in [0.3, 0.4) is 0 Å². The van der Waals surface area contributed by atoms with Crippen LogP contribution in [0.25, 0.3) is 0 Å². The highest BCUT2D eigenvalue weighted by atomic mass is 16.5. The van der Waals surface area contributed by atoms with Gasteiger partial charge in [0.2, 0.25) is 0 Å². The maximum absolute atomic E-state index is 10.0. The Morgan fingerprint density at radius 3 is 2.76 bits per heavy atom. The van der Waals surface area contributed by atoms with Crippen molar-refractivity contribution in [2.24, 2.45) is 5.92 Å². The van der Waals surface area contributed by atoms with E-state index in [9.17, 15) is 5.11 Å². The van der Waals surface area contributed by atoms with Crippen LogP contribution in [0.4, 0.5) is 0 Å². The van der Waals surface area contributed by atoms with E-state index in [1.165, 1.54) is 37.7 Å². The molecule has 0 saturated heterocycles. The minimum absolute atomic E-state index is 0.341. The highest BCUT2D eigenvalue weighted by Gasteiger charge is 2.20. The summed E-state index contributed by atoms with van der Waals surface area (Å²) in [6, 6.07) is 8.42. The second-order valence-corrected chi connectivity index (χ2v) is 6.38. The van der Waals surface area contributed by atoms with Crippen LogP contribution in [-0.4, -0.2) is 30.4 Å². The number of hydrogen-bond acceptors (Lipinski definition) is 3. The van der Waals surface area contributed by atoms with Gasteiger partial charge in [0.05, 0.1) is 0 Å². The lowest BCUT2D eigenvalue weighted by Crippen LogP contribution is -2.40. The van der Waals surface area contributed by atoms with Crippen molar-refractivity contribution in [3.8, 4) is 5.75 Å². The summed E-state index contributed by atoms with van der Waals surface area (Å²) in [5.41, 5.74) is 1.17. The van der Waals surface area contributed by atoms with Gasteiger partial charge in [0.25, 0.3) is 0 Å². The standard InChI is InChI=1S/C18H29NO2/c1-14-7-6-10-18(11-14)21-13-17(20)12-19-15(2)16-8-4-3-5-9-16/h6-7,10-11,15-17,19-20H,3-5,8-9,12-13H2,1-2H3/t15-,17?/m1/s1. The minimum atomic E-state index is -0.462. The van der Waals surface area contributed by atoms with E-state index in [-0.39, 0.29) is 0 Å². The van der Waals surface area contributed by atoms with E-state index in [0.29, 0.717) is 19.2 Å². The van der Waals surface area contributed by atoms with Crippen LogP contribution in [0.5, 0.6) is 5.75 Å². The molecule has 0 aliphatic heterocycles. The van der Waals surface area contributed by atoms with Gasteiger partial charge < -0.3 is 15.2 Å². The molecule has 0 aromatic heterocycles. The van der Waals surface area contributed by atoms with Gasteiger partial charge >= 0.3 is 0 Å². The van der Waals surface area contributed by atoms with Gasteiger partial charge in [0.1, 0.15) is 18.5 Å². The number of aliphatic hydroxyl groups excluding tert-OH is 1. The van der Waals surface area contributed by atoms with Crippen molar-refractivity contribution in [2.45, 2.75) is 58.1 Å². The second-order valence-electron chi connectivity index (χ2n) is 6.38. The molecule has 2 atom stereocenters. The summed E-state index contributed by atoms with van der Waals surface area (Å²) < 4.78 is 5.64. The molecule has 1 aliphatic carbocycles. The van der Waals surface area contributed by atoms with Gasteiger partial charge in [-0.1, -0.05) is 31.4 Å². The van der Waals surface area contributed by atoms with Gasteiger partial charge in [-0.25, -0.2) is 0 Å². The maximum atomic E-state index is 10.0. The molecule has 0 amide bonds. The van der Waals surface area contributed by atoms with Crippen molar-refractivity contribution in [2.75, 3.05) is 13.2 Å². The van der Waals surface area contributed by atoms with Crippen LogP contribution in [-0.2, 0) is 0 Å². The Kier molecular flexibility index (Phi) is 6.52. The van der Waals surface area contributed by atoms with Gasteiger partial charge in [0, 0.05) is 12.6 Å². The Balaban J connectivity index is 1.66. The largest absolute Gasteiger partial charge is 0.491 e. The normalized spacial score (nSPS) is 19.2. The first kappa shape index (κ1) is 16.3. The van der Waals surface area contributed by atoms with Crippen LogP contribution in [0.1, 0.15) is 44.6 Å². The van der Waals surface area contributed by atoms with Gasteiger partial charge in [-0.2, -0.15) is 0 Å². The van der Waals surface area contributed by atoms with Crippen LogP contribution < -0.4 is 10.1 Å². The summed E-state index contributed by atoms with van der Waals surface area (Å²) >= 11 is 0. The van der Waals surface area contributed by atoms with Crippen LogP contribution in [0.15, 0.2) is 24.3 Å². The topological polar surface area (TPSA) is 41.5 Å². The Hall–Kier alpha value is -1.06. The molecule has 0 bridgehead atoms.